The highest BCUT2D eigenvalue weighted by molar-refractivity contribution is 7.95. The topological polar surface area (TPSA) is 106 Å². The minimum Gasteiger partial charge on any atom is -0.392 e. The number of hydrogen-bond acceptors (Lipinski definition) is 5. The molecule has 1 aromatic carbocycles. The number of rotatable bonds is 5. The van der Waals surface area contributed by atoms with Crippen molar-refractivity contribution >= 4 is 42.8 Å². The van der Waals surface area contributed by atoms with E-state index in [-0.39, 0.29) is 15.6 Å². The van der Waals surface area contributed by atoms with Crippen LogP contribution < -0.4 is 10.5 Å². The Hall–Kier alpha value is -1.19. The van der Waals surface area contributed by atoms with Gasteiger partial charge in [-0.1, -0.05) is 12.2 Å². The summed E-state index contributed by atoms with van der Waals surface area (Å²) in [7, 11) is -7.04. The highest BCUT2D eigenvalue weighted by Gasteiger charge is 2.23. The molecule has 0 aliphatic rings. The lowest BCUT2D eigenvalue weighted by atomic mass is 10.3. The van der Waals surface area contributed by atoms with Gasteiger partial charge in [0.1, 0.15) is 5.25 Å². The second kappa shape index (κ2) is 5.43. The minimum atomic E-state index is -3.73. The van der Waals surface area contributed by atoms with Crippen molar-refractivity contribution in [1.29, 1.82) is 0 Å². The molecule has 0 aliphatic heterocycles. The molecule has 106 valence electrons. The number of nitrogens with two attached hydrogens (primary N) is 1. The highest BCUT2D eigenvalue weighted by Crippen LogP contribution is 2.16. The molecule has 0 heterocycles. The Morgan fingerprint density at radius 2 is 1.68 bits per heavy atom. The summed E-state index contributed by atoms with van der Waals surface area (Å²) in [5.41, 5.74) is 5.54. The Labute approximate surface area is 118 Å². The van der Waals surface area contributed by atoms with E-state index in [0.29, 0.717) is 0 Å². The molecule has 1 rings (SSSR count). The molecule has 0 saturated carbocycles. The van der Waals surface area contributed by atoms with Gasteiger partial charge in [0.2, 0.25) is 10.0 Å². The monoisotopic (exact) mass is 322 g/mol. The molecule has 19 heavy (non-hydrogen) atoms. The summed E-state index contributed by atoms with van der Waals surface area (Å²) in [5.74, 6) is 0. The first kappa shape index (κ1) is 15.9. The zero-order valence-corrected chi connectivity index (χ0v) is 12.8. The lowest BCUT2D eigenvalue weighted by Gasteiger charge is -2.13. The Morgan fingerprint density at radius 3 is 2.05 bits per heavy atom. The summed E-state index contributed by atoms with van der Waals surface area (Å²) >= 11 is 4.63. The maximum atomic E-state index is 11.8. The third-order valence-electron chi connectivity index (χ3n) is 2.41. The van der Waals surface area contributed by atoms with E-state index >= 15 is 0 Å². The SMILES string of the molecule is CC(C(N)=S)S(=O)(=O)Nc1ccc(S(C)(=O)=O)cc1. The molecule has 1 unspecified atom stereocenters. The largest absolute Gasteiger partial charge is 0.392 e. The molecule has 0 bridgehead atoms. The predicted molar refractivity (Wildman–Crippen MR) is 78.3 cm³/mol. The van der Waals surface area contributed by atoms with E-state index in [1.165, 1.54) is 31.2 Å². The van der Waals surface area contributed by atoms with Crippen LogP contribution in [0.4, 0.5) is 5.69 Å². The van der Waals surface area contributed by atoms with E-state index in [9.17, 15) is 16.8 Å². The van der Waals surface area contributed by atoms with Crippen LogP contribution in [0.25, 0.3) is 0 Å². The zero-order chi connectivity index (χ0) is 14.8. The van der Waals surface area contributed by atoms with Gasteiger partial charge in [0.05, 0.1) is 9.88 Å². The molecule has 0 saturated heterocycles. The Kier molecular flexibility index (Phi) is 4.54. The van der Waals surface area contributed by atoms with Crippen molar-refractivity contribution in [2.75, 3.05) is 11.0 Å². The maximum absolute atomic E-state index is 11.8. The van der Waals surface area contributed by atoms with Crippen LogP contribution in [-0.4, -0.2) is 33.3 Å². The van der Waals surface area contributed by atoms with Crippen LogP contribution in [0.15, 0.2) is 29.2 Å². The van der Waals surface area contributed by atoms with Crippen LogP contribution in [0.1, 0.15) is 6.92 Å². The fourth-order valence-electron chi connectivity index (χ4n) is 1.18. The van der Waals surface area contributed by atoms with Crippen molar-refractivity contribution < 1.29 is 16.8 Å². The molecule has 0 radical (unpaired) electrons. The molecule has 0 fully saturated rings. The molecule has 3 N–H and O–H groups in total. The molecule has 0 amide bonds. The van der Waals surface area contributed by atoms with Crippen LogP contribution in [0, 0.1) is 0 Å². The van der Waals surface area contributed by atoms with Crippen LogP contribution in [0.5, 0.6) is 0 Å². The molecule has 6 nitrogen and oxygen atoms in total. The normalized spacial score (nSPS) is 13.8. The third kappa shape index (κ3) is 4.15. The molecule has 1 aromatic rings. The Morgan fingerprint density at radius 1 is 1.21 bits per heavy atom. The number of sulfonamides is 1. The van der Waals surface area contributed by atoms with Gasteiger partial charge in [-0.3, -0.25) is 4.72 Å². The molecule has 9 heteroatoms. The van der Waals surface area contributed by atoms with Gasteiger partial charge in [0.25, 0.3) is 0 Å². The summed E-state index contributed by atoms with van der Waals surface area (Å²) in [6.45, 7) is 1.37. The van der Waals surface area contributed by atoms with Crippen molar-refractivity contribution in [1.82, 2.24) is 0 Å². The van der Waals surface area contributed by atoms with E-state index < -0.39 is 25.1 Å². The first-order chi connectivity index (χ1) is 8.54. The van der Waals surface area contributed by atoms with Crippen LogP contribution in [-0.2, 0) is 19.9 Å². The lowest BCUT2D eigenvalue weighted by molar-refractivity contribution is 0.598. The second-order valence-electron chi connectivity index (χ2n) is 3.99. The maximum Gasteiger partial charge on any atom is 0.241 e. The summed E-state index contributed by atoms with van der Waals surface area (Å²) in [5, 5.41) is -1.02. The average Bonchev–Trinajstić information content (AvgIpc) is 2.26. The number of benzene rings is 1. The van der Waals surface area contributed by atoms with Crippen molar-refractivity contribution in [2.45, 2.75) is 17.1 Å². The number of nitrogens with one attached hydrogen (secondary N) is 1. The van der Waals surface area contributed by atoms with Gasteiger partial charge in [-0.05, 0) is 31.2 Å². The van der Waals surface area contributed by atoms with Gasteiger partial charge in [-0.2, -0.15) is 0 Å². The molecule has 0 aliphatic carbocycles. The lowest BCUT2D eigenvalue weighted by Crippen LogP contribution is -2.35. The van der Waals surface area contributed by atoms with Crippen molar-refractivity contribution in [3.05, 3.63) is 24.3 Å². The smallest absolute Gasteiger partial charge is 0.241 e. The summed E-state index contributed by atoms with van der Waals surface area (Å²) in [6, 6.07) is 5.36. The fraction of sp³-hybridized carbons (Fsp3) is 0.300. The first-order valence-electron chi connectivity index (χ1n) is 5.15. The molecular weight excluding hydrogens is 308 g/mol. The van der Waals surface area contributed by atoms with Crippen LogP contribution in [0.3, 0.4) is 0 Å². The Balaban J connectivity index is 2.99. The standard InChI is InChI=1S/C10H14N2O4S3/c1-7(10(11)17)19(15,16)12-8-3-5-9(6-4-8)18(2,13)14/h3-7,12H,1-2H3,(H2,11,17). The summed E-state index contributed by atoms with van der Waals surface area (Å²) in [4.78, 5) is -0.0295. The van der Waals surface area contributed by atoms with Crippen LogP contribution in [0.2, 0.25) is 0 Å². The second-order valence-corrected chi connectivity index (χ2v) is 8.48. The number of sulfone groups is 1. The fourth-order valence-corrected chi connectivity index (χ4v) is 3.13. The van der Waals surface area contributed by atoms with Crippen LogP contribution >= 0.6 is 12.2 Å². The van der Waals surface area contributed by atoms with E-state index in [4.69, 9.17) is 5.73 Å². The molecule has 0 aromatic heterocycles. The average molecular weight is 322 g/mol. The van der Waals surface area contributed by atoms with Gasteiger partial charge >= 0.3 is 0 Å². The number of anilines is 1. The van der Waals surface area contributed by atoms with Crippen molar-refractivity contribution in [3.8, 4) is 0 Å². The predicted octanol–water partition coefficient (Wildman–Crippen LogP) is 0.506. The van der Waals surface area contributed by atoms with Crippen molar-refractivity contribution in [3.63, 3.8) is 0 Å². The van der Waals surface area contributed by atoms with E-state index in [0.717, 1.165) is 6.26 Å². The minimum absolute atomic E-state index is 0.109. The van der Waals surface area contributed by atoms with Crippen molar-refractivity contribution in [2.24, 2.45) is 5.73 Å². The summed E-state index contributed by atoms with van der Waals surface area (Å²) in [6.07, 6.45) is 1.07. The molecule has 0 spiro atoms. The molecular formula is C10H14N2O4S3. The van der Waals surface area contributed by atoms with E-state index in [1.54, 1.807) is 0 Å². The third-order valence-corrected chi connectivity index (χ3v) is 5.74. The van der Waals surface area contributed by atoms with Gasteiger partial charge in [0, 0.05) is 11.9 Å². The highest BCUT2D eigenvalue weighted by atomic mass is 32.2. The summed E-state index contributed by atoms with van der Waals surface area (Å²) < 4.78 is 48.4. The Bertz CT molecular complexity index is 678. The van der Waals surface area contributed by atoms with Gasteiger partial charge in [0.15, 0.2) is 9.84 Å². The van der Waals surface area contributed by atoms with Gasteiger partial charge < -0.3 is 5.73 Å². The van der Waals surface area contributed by atoms with E-state index in [1.807, 2.05) is 0 Å². The first-order valence-corrected chi connectivity index (χ1v) is 9.00. The number of hydrogen-bond donors (Lipinski definition) is 2. The molecule has 1 atom stereocenters. The van der Waals surface area contributed by atoms with E-state index in [2.05, 4.69) is 16.9 Å². The van der Waals surface area contributed by atoms with Gasteiger partial charge in [-0.15, -0.1) is 0 Å². The zero-order valence-electron chi connectivity index (χ0n) is 10.3. The number of thiocarbonyl (C=S) groups is 1. The van der Waals surface area contributed by atoms with Gasteiger partial charge in [-0.25, -0.2) is 16.8 Å². The quantitative estimate of drug-likeness (QED) is 0.765.